The molecule has 2 heterocycles. The highest BCUT2D eigenvalue weighted by atomic mass is 16.5. The summed E-state index contributed by atoms with van der Waals surface area (Å²) < 4.78 is 5.31. The monoisotopic (exact) mass is 260 g/mol. The molecule has 5 nitrogen and oxygen atoms in total. The van der Waals surface area contributed by atoms with Gasteiger partial charge in [-0.1, -0.05) is 17.3 Å². The molecule has 1 aliphatic rings. The van der Waals surface area contributed by atoms with E-state index in [1.54, 1.807) is 0 Å². The molecule has 1 aliphatic heterocycles. The number of piperidine rings is 1. The first-order chi connectivity index (χ1) is 9.24. The van der Waals surface area contributed by atoms with Crippen molar-refractivity contribution in [1.29, 1.82) is 0 Å². The Labute approximate surface area is 110 Å². The van der Waals surface area contributed by atoms with Crippen molar-refractivity contribution in [1.82, 2.24) is 5.16 Å². The summed E-state index contributed by atoms with van der Waals surface area (Å²) in [6.45, 7) is 1.68. The van der Waals surface area contributed by atoms with Crippen LogP contribution in [0.3, 0.4) is 0 Å². The molecule has 5 heteroatoms. The molecule has 0 aliphatic carbocycles. The fourth-order valence-electron chi connectivity index (χ4n) is 2.70. The minimum absolute atomic E-state index is 0.271. The molecule has 0 bridgehead atoms. The molecule has 0 spiro atoms. The first-order valence-corrected chi connectivity index (χ1v) is 6.55. The van der Waals surface area contributed by atoms with Gasteiger partial charge in [0.2, 0.25) is 0 Å². The number of benzene rings is 1. The van der Waals surface area contributed by atoms with E-state index in [0.717, 1.165) is 42.7 Å². The lowest BCUT2D eigenvalue weighted by molar-refractivity contribution is -0.138. The smallest absolute Gasteiger partial charge is 0.303 e. The molecule has 1 N–H and O–H groups in total. The molecule has 0 radical (unpaired) electrons. The van der Waals surface area contributed by atoms with Crippen molar-refractivity contribution in [3.8, 4) is 0 Å². The van der Waals surface area contributed by atoms with Crippen LogP contribution in [-0.4, -0.2) is 29.3 Å². The number of carboxylic acid groups (broad SMARTS) is 1. The number of anilines is 1. The van der Waals surface area contributed by atoms with E-state index in [-0.39, 0.29) is 12.3 Å². The molecular weight excluding hydrogens is 244 g/mol. The van der Waals surface area contributed by atoms with E-state index in [1.807, 2.05) is 24.3 Å². The molecule has 0 amide bonds. The number of hydrogen-bond acceptors (Lipinski definition) is 4. The number of carbonyl (C=O) groups is 1. The average molecular weight is 260 g/mol. The average Bonchev–Trinajstić information content (AvgIpc) is 2.83. The predicted molar refractivity (Wildman–Crippen MR) is 71.2 cm³/mol. The van der Waals surface area contributed by atoms with Gasteiger partial charge in [-0.05, 0) is 30.9 Å². The van der Waals surface area contributed by atoms with Crippen molar-refractivity contribution < 1.29 is 14.4 Å². The highest BCUT2D eigenvalue weighted by Crippen LogP contribution is 2.30. The van der Waals surface area contributed by atoms with Gasteiger partial charge in [-0.25, -0.2) is 0 Å². The van der Waals surface area contributed by atoms with Gasteiger partial charge in [0, 0.05) is 19.5 Å². The Morgan fingerprint density at radius 3 is 2.84 bits per heavy atom. The Balaban J connectivity index is 1.73. The fraction of sp³-hybridized carbons (Fsp3) is 0.429. The van der Waals surface area contributed by atoms with Crippen LogP contribution in [0.4, 0.5) is 5.82 Å². The molecule has 3 rings (SSSR count). The maximum Gasteiger partial charge on any atom is 0.303 e. The van der Waals surface area contributed by atoms with Gasteiger partial charge in [0.25, 0.3) is 0 Å². The quantitative estimate of drug-likeness (QED) is 0.918. The van der Waals surface area contributed by atoms with E-state index < -0.39 is 5.97 Å². The van der Waals surface area contributed by atoms with Crippen LogP contribution < -0.4 is 4.90 Å². The van der Waals surface area contributed by atoms with Crippen LogP contribution in [-0.2, 0) is 4.79 Å². The molecule has 0 unspecified atom stereocenters. The Bertz CT molecular complexity index is 585. The topological polar surface area (TPSA) is 66.6 Å². The van der Waals surface area contributed by atoms with Gasteiger partial charge < -0.3 is 14.5 Å². The predicted octanol–water partition coefficient (Wildman–Crippen LogP) is 2.52. The molecule has 1 saturated heterocycles. The highest BCUT2D eigenvalue weighted by molar-refractivity contribution is 5.88. The number of aromatic nitrogens is 1. The minimum Gasteiger partial charge on any atom is -0.481 e. The van der Waals surface area contributed by atoms with E-state index in [2.05, 4.69) is 10.1 Å². The van der Waals surface area contributed by atoms with E-state index in [9.17, 15) is 4.79 Å². The lowest BCUT2D eigenvalue weighted by Gasteiger charge is -2.31. The molecule has 19 heavy (non-hydrogen) atoms. The molecule has 0 atom stereocenters. The van der Waals surface area contributed by atoms with Gasteiger partial charge >= 0.3 is 5.97 Å². The Morgan fingerprint density at radius 1 is 1.37 bits per heavy atom. The number of aliphatic carboxylic acids is 1. The van der Waals surface area contributed by atoms with Crippen LogP contribution in [0.2, 0.25) is 0 Å². The summed E-state index contributed by atoms with van der Waals surface area (Å²) in [7, 11) is 0. The van der Waals surface area contributed by atoms with Crippen molar-refractivity contribution in [2.24, 2.45) is 5.92 Å². The third-order valence-corrected chi connectivity index (χ3v) is 3.74. The first-order valence-electron chi connectivity index (χ1n) is 6.55. The maximum atomic E-state index is 10.7. The number of nitrogens with zero attached hydrogens (tertiary/aromatic N) is 2. The zero-order valence-corrected chi connectivity index (χ0v) is 10.6. The fourth-order valence-corrected chi connectivity index (χ4v) is 2.70. The van der Waals surface area contributed by atoms with Crippen LogP contribution in [0, 0.1) is 5.92 Å². The molecule has 2 aromatic rings. The largest absolute Gasteiger partial charge is 0.481 e. The van der Waals surface area contributed by atoms with Gasteiger partial charge in [-0.3, -0.25) is 4.79 Å². The number of rotatable bonds is 3. The summed E-state index contributed by atoms with van der Waals surface area (Å²) in [6.07, 6.45) is 2.06. The minimum atomic E-state index is -0.703. The van der Waals surface area contributed by atoms with Crippen molar-refractivity contribution in [2.75, 3.05) is 18.0 Å². The molecule has 0 saturated carbocycles. The summed E-state index contributed by atoms with van der Waals surface area (Å²) in [5.74, 6) is 0.460. The summed E-state index contributed by atoms with van der Waals surface area (Å²) in [4.78, 5) is 12.9. The lowest BCUT2D eigenvalue weighted by atomic mass is 9.93. The first kappa shape index (κ1) is 12.0. The summed E-state index contributed by atoms with van der Waals surface area (Å²) >= 11 is 0. The second-order valence-electron chi connectivity index (χ2n) is 5.03. The summed E-state index contributed by atoms with van der Waals surface area (Å²) in [5, 5.41) is 14.0. The molecule has 1 aromatic heterocycles. The third-order valence-electron chi connectivity index (χ3n) is 3.74. The number of hydrogen-bond donors (Lipinski definition) is 1. The standard InChI is InChI=1S/C14H16N2O3/c17-13(18)9-10-5-7-16(8-6-10)14-11-3-1-2-4-12(11)19-15-14/h1-4,10H,5-9H2,(H,17,18). The SMILES string of the molecule is O=C(O)CC1CCN(c2noc3ccccc23)CC1. The van der Waals surface area contributed by atoms with Crippen molar-refractivity contribution in [3.05, 3.63) is 24.3 Å². The number of para-hydroxylation sites is 1. The second-order valence-corrected chi connectivity index (χ2v) is 5.03. The highest BCUT2D eigenvalue weighted by Gasteiger charge is 2.24. The summed E-state index contributed by atoms with van der Waals surface area (Å²) in [5.41, 5.74) is 0.796. The van der Waals surface area contributed by atoms with Crippen molar-refractivity contribution in [3.63, 3.8) is 0 Å². The van der Waals surface area contributed by atoms with Crippen LogP contribution in [0.15, 0.2) is 28.8 Å². The van der Waals surface area contributed by atoms with E-state index in [0.29, 0.717) is 0 Å². The number of carboxylic acids is 1. The molecule has 1 aromatic carbocycles. The molecule has 100 valence electrons. The molecular formula is C14H16N2O3. The zero-order valence-electron chi connectivity index (χ0n) is 10.6. The van der Waals surface area contributed by atoms with Crippen molar-refractivity contribution >= 4 is 22.8 Å². The van der Waals surface area contributed by atoms with Gasteiger partial charge in [0.05, 0.1) is 5.39 Å². The van der Waals surface area contributed by atoms with E-state index in [1.165, 1.54) is 0 Å². The van der Waals surface area contributed by atoms with E-state index in [4.69, 9.17) is 9.63 Å². The van der Waals surface area contributed by atoms with Gasteiger partial charge in [-0.2, -0.15) is 0 Å². The van der Waals surface area contributed by atoms with Crippen LogP contribution in [0.5, 0.6) is 0 Å². The Morgan fingerprint density at radius 2 is 2.11 bits per heavy atom. The van der Waals surface area contributed by atoms with Gasteiger partial charge in [0.15, 0.2) is 11.4 Å². The van der Waals surface area contributed by atoms with Crippen molar-refractivity contribution in [2.45, 2.75) is 19.3 Å². The number of fused-ring (bicyclic) bond motifs is 1. The second kappa shape index (κ2) is 4.91. The summed E-state index contributed by atoms with van der Waals surface area (Å²) in [6, 6.07) is 7.81. The molecule has 1 fully saturated rings. The van der Waals surface area contributed by atoms with Gasteiger partial charge in [0.1, 0.15) is 0 Å². The van der Waals surface area contributed by atoms with E-state index >= 15 is 0 Å². The normalized spacial score (nSPS) is 16.9. The Hall–Kier alpha value is -2.04. The van der Waals surface area contributed by atoms with Crippen LogP contribution in [0.1, 0.15) is 19.3 Å². The maximum absolute atomic E-state index is 10.7. The zero-order chi connectivity index (χ0) is 13.2. The van der Waals surface area contributed by atoms with Crippen LogP contribution in [0.25, 0.3) is 11.0 Å². The third kappa shape index (κ3) is 2.41. The Kier molecular flexibility index (Phi) is 3.11. The van der Waals surface area contributed by atoms with Crippen LogP contribution >= 0.6 is 0 Å². The lowest BCUT2D eigenvalue weighted by Crippen LogP contribution is -2.34. The van der Waals surface area contributed by atoms with Gasteiger partial charge in [-0.15, -0.1) is 0 Å².